The first-order chi connectivity index (χ1) is 12.1. The van der Waals surface area contributed by atoms with Crippen molar-refractivity contribution in [2.75, 3.05) is 31.9 Å². The third-order valence-corrected chi connectivity index (χ3v) is 6.54. The monoisotopic (exact) mass is 375 g/mol. The Balaban J connectivity index is 1.38. The van der Waals surface area contributed by atoms with Gasteiger partial charge in [0.25, 0.3) is 0 Å². The summed E-state index contributed by atoms with van der Waals surface area (Å²) >= 11 is 3.49. The Bertz CT molecular complexity index is 674. The summed E-state index contributed by atoms with van der Waals surface area (Å²) in [4.78, 5) is 22.7. The Morgan fingerprint density at radius 3 is 2.52 bits per heavy atom. The molecule has 1 aliphatic rings. The number of hydrogen-bond acceptors (Lipinski definition) is 5. The van der Waals surface area contributed by atoms with Crippen LogP contribution in [0.15, 0.2) is 30.3 Å². The first-order valence-corrected chi connectivity index (χ1v) is 10.6. The Hall–Kier alpha value is -1.37. The summed E-state index contributed by atoms with van der Waals surface area (Å²) < 4.78 is 0. The molecular formula is C19H25N3OS2. The van der Waals surface area contributed by atoms with E-state index in [9.17, 15) is 4.79 Å². The number of thiazole rings is 1. The zero-order chi connectivity index (χ0) is 17.6. The number of rotatable bonds is 6. The van der Waals surface area contributed by atoms with E-state index >= 15 is 0 Å². The van der Waals surface area contributed by atoms with Crippen LogP contribution in [0.3, 0.4) is 0 Å². The molecule has 0 unspecified atom stereocenters. The lowest BCUT2D eigenvalue weighted by Crippen LogP contribution is -2.48. The molecule has 1 fully saturated rings. The van der Waals surface area contributed by atoms with Gasteiger partial charge in [0.1, 0.15) is 5.01 Å². The second-order valence-electron chi connectivity index (χ2n) is 6.38. The third kappa shape index (κ3) is 5.30. The van der Waals surface area contributed by atoms with Gasteiger partial charge < -0.3 is 4.90 Å². The summed E-state index contributed by atoms with van der Waals surface area (Å²) in [5, 5.41) is 1.19. The Labute approximate surface area is 158 Å². The SMILES string of the molecule is Cc1nc(CN2CCN(C(=O)CSCc3ccccc3)CC2)sc1C. The third-order valence-electron chi connectivity index (χ3n) is 4.49. The second-order valence-corrected chi connectivity index (χ2v) is 8.66. The number of benzene rings is 1. The average Bonchev–Trinajstić information content (AvgIpc) is 2.94. The number of amides is 1. The van der Waals surface area contributed by atoms with Crippen molar-refractivity contribution in [3.8, 4) is 0 Å². The molecule has 0 aliphatic carbocycles. The zero-order valence-corrected chi connectivity index (χ0v) is 16.5. The smallest absolute Gasteiger partial charge is 0.232 e. The molecule has 1 saturated heterocycles. The van der Waals surface area contributed by atoms with E-state index in [1.54, 1.807) is 23.1 Å². The van der Waals surface area contributed by atoms with Crippen molar-refractivity contribution in [1.82, 2.24) is 14.8 Å². The predicted molar refractivity (Wildman–Crippen MR) is 106 cm³/mol. The molecule has 0 atom stereocenters. The van der Waals surface area contributed by atoms with Crippen molar-refractivity contribution < 1.29 is 4.79 Å². The van der Waals surface area contributed by atoms with Crippen LogP contribution in [-0.4, -0.2) is 52.6 Å². The maximum absolute atomic E-state index is 12.4. The van der Waals surface area contributed by atoms with Gasteiger partial charge in [-0.15, -0.1) is 23.1 Å². The molecule has 1 aromatic heterocycles. The van der Waals surface area contributed by atoms with E-state index in [1.165, 1.54) is 15.4 Å². The van der Waals surface area contributed by atoms with Crippen LogP contribution in [0, 0.1) is 13.8 Å². The lowest BCUT2D eigenvalue weighted by atomic mass is 10.2. The van der Waals surface area contributed by atoms with Crippen LogP contribution in [0.4, 0.5) is 0 Å². The van der Waals surface area contributed by atoms with Gasteiger partial charge in [0.2, 0.25) is 5.91 Å². The van der Waals surface area contributed by atoms with Gasteiger partial charge in [-0.1, -0.05) is 30.3 Å². The normalized spacial score (nSPS) is 15.5. The highest BCUT2D eigenvalue weighted by molar-refractivity contribution is 7.99. The summed E-state index contributed by atoms with van der Waals surface area (Å²) in [5.74, 6) is 1.73. The summed E-state index contributed by atoms with van der Waals surface area (Å²) in [6.45, 7) is 8.63. The van der Waals surface area contributed by atoms with E-state index in [0.717, 1.165) is 44.2 Å². The van der Waals surface area contributed by atoms with Crippen LogP contribution in [0.1, 0.15) is 21.1 Å². The zero-order valence-electron chi connectivity index (χ0n) is 14.9. The van der Waals surface area contributed by atoms with Crippen molar-refractivity contribution >= 4 is 29.0 Å². The maximum atomic E-state index is 12.4. The van der Waals surface area contributed by atoms with Gasteiger partial charge in [0.15, 0.2) is 0 Å². The molecule has 1 aromatic carbocycles. The molecule has 0 spiro atoms. The fourth-order valence-electron chi connectivity index (χ4n) is 2.88. The molecule has 134 valence electrons. The highest BCUT2D eigenvalue weighted by atomic mass is 32.2. The topological polar surface area (TPSA) is 36.4 Å². The molecule has 0 N–H and O–H groups in total. The number of piperazine rings is 1. The van der Waals surface area contributed by atoms with Crippen molar-refractivity contribution in [1.29, 1.82) is 0 Å². The molecule has 0 radical (unpaired) electrons. The largest absolute Gasteiger partial charge is 0.339 e. The van der Waals surface area contributed by atoms with Crippen LogP contribution in [-0.2, 0) is 17.1 Å². The summed E-state index contributed by atoms with van der Waals surface area (Å²) in [6.07, 6.45) is 0. The molecule has 4 nitrogen and oxygen atoms in total. The van der Waals surface area contributed by atoms with Gasteiger partial charge in [0, 0.05) is 36.8 Å². The fraction of sp³-hybridized carbons (Fsp3) is 0.474. The summed E-state index contributed by atoms with van der Waals surface area (Å²) in [7, 11) is 0. The second kappa shape index (κ2) is 8.83. The minimum Gasteiger partial charge on any atom is -0.339 e. The molecule has 25 heavy (non-hydrogen) atoms. The molecule has 1 aliphatic heterocycles. The standard InChI is InChI=1S/C19H25N3OS2/c1-15-16(2)25-18(20-15)12-21-8-10-22(11-9-21)19(23)14-24-13-17-6-4-3-5-7-17/h3-7H,8-14H2,1-2H3. The van der Waals surface area contributed by atoms with E-state index < -0.39 is 0 Å². The molecule has 0 saturated carbocycles. The van der Waals surface area contributed by atoms with E-state index in [-0.39, 0.29) is 5.91 Å². The van der Waals surface area contributed by atoms with Gasteiger partial charge in [-0.25, -0.2) is 4.98 Å². The van der Waals surface area contributed by atoms with Crippen LogP contribution in [0.25, 0.3) is 0 Å². The first kappa shape index (κ1) is 18.4. The average molecular weight is 376 g/mol. The highest BCUT2D eigenvalue weighted by Gasteiger charge is 2.21. The summed E-state index contributed by atoms with van der Waals surface area (Å²) in [5.41, 5.74) is 2.42. The number of hydrogen-bond donors (Lipinski definition) is 0. The Morgan fingerprint density at radius 2 is 1.88 bits per heavy atom. The van der Waals surface area contributed by atoms with E-state index in [0.29, 0.717) is 5.75 Å². The highest BCUT2D eigenvalue weighted by Crippen LogP contribution is 2.19. The number of carbonyl (C=O) groups is 1. The first-order valence-electron chi connectivity index (χ1n) is 8.66. The molecule has 6 heteroatoms. The number of carbonyl (C=O) groups excluding carboxylic acids is 1. The number of aryl methyl sites for hydroxylation is 2. The minimum atomic E-state index is 0.265. The van der Waals surface area contributed by atoms with Gasteiger partial charge >= 0.3 is 0 Å². The van der Waals surface area contributed by atoms with E-state index in [4.69, 9.17) is 0 Å². The van der Waals surface area contributed by atoms with Crippen molar-refractivity contribution in [3.05, 3.63) is 51.5 Å². The lowest BCUT2D eigenvalue weighted by Gasteiger charge is -2.34. The van der Waals surface area contributed by atoms with Crippen LogP contribution in [0.5, 0.6) is 0 Å². The number of aromatic nitrogens is 1. The van der Waals surface area contributed by atoms with Crippen molar-refractivity contribution in [2.24, 2.45) is 0 Å². The van der Waals surface area contributed by atoms with Crippen molar-refractivity contribution in [2.45, 2.75) is 26.1 Å². The molecule has 0 bridgehead atoms. The van der Waals surface area contributed by atoms with Crippen molar-refractivity contribution in [3.63, 3.8) is 0 Å². The van der Waals surface area contributed by atoms with Gasteiger partial charge in [0.05, 0.1) is 18.0 Å². The number of nitrogens with zero attached hydrogens (tertiary/aromatic N) is 3. The molecular weight excluding hydrogens is 350 g/mol. The van der Waals surface area contributed by atoms with Crippen LogP contribution < -0.4 is 0 Å². The Kier molecular flexibility index (Phi) is 6.51. The van der Waals surface area contributed by atoms with E-state index in [2.05, 4.69) is 35.9 Å². The predicted octanol–water partition coefficient (Wildman–Crippen LogP) is 3.34. The van der Waals surface area contributed by atoms with Gasteiger partial charge in [-0.05, 0) is 19.4 Å². The quantitative estimate of drug-likeness (QED) is 0.776. The molecule has 1 amide bonds. The van der Waals surface area contributed by atoms with Crippen LogP contribution >= 0.6 is 23.1 Å². The molecule has 2 heterocycles. The molecule has 2 aromatic rings. The maximum Gasteiger partial charge on any atom is 0.232 e. The fourth-order valence-corrected chi connectivity index (χ4v) is 4.74. The summed E-state index contributed by atoms with van der Waals surface area (Å²) in [6, 6.07) is 10.3. The van der Waals surface area contributed by atoms with Gasteiger partial charge in [-0.2, -0.15) is 0 Å². The molecule has 3 rings (SSSR count). The Morgan fingerprint density at radius 1 is 1.16 bits per heavy atom. The number of thioether (sulfide) groups is 1. The van der Waals surface area contributed by atoms with Crippen LogP contribution in [0.2, 0.25) is 0 Å². The lowest BCUT2D eigenvalue weighted by molar-refractivity contribution is -0.130. The minimum absolute atomic E-state index is 0.265. The van der Waals surface area contributed by atoms with E-state index in [1.807, 2.05) is 23.1 Å². The van der Waals surface area contributed by atoms with Gasteiger partial charge in [-0.3, -0.25) is 9.69 Å².